The molecule has 0 N–H and O–H groups in total. The summed E-state index contributed by atoms with van der Waals surface area (Å²) in [6, 6.07) is 16.9. The topological polar surface area (TPSA) is 12.5 Å². The van der Waals surface area contributed by atoms with Gasteiger partial charge in [0.05, 0.1) is 6.61 Å². The Morgan fingerprint density at radius 3 is 2.39 bits per heavy atom. The number of epoxide rings is 1. The lowest BCUT2D eigenvalue weighted by Gasteiger charge is -2.07. The third-order valence-electron chi connectivity index (χ3n) is 3.50. The quantitative estimate of drug-likeness (QED) is 0.452. The smallest absolute Gasteiger partial charge is 0.107 e. The number of benzene rings is 3. The zero-order valence-corrected chi connectivity index (χ0v) is 10.4. The molecule has 1 saturated heterocycles. The van der Waals surface area contributed by atoms with Gasteiger partial charge in [0.1, 0.15) is 6.10 Å². The van der Waals surface area contributed by atoms with Crippen molar-refractivity contribution in [3.8, 4) is 0 Å². The molecule has 3 aromatic carbocycles. The summed E-state index contributed by atoms with van der Waals surface area (Å²) in [5, 5.41) is 5.72. The largest absolute Gasteiger partial charge is 0.368 e. The van der Waals surface area contributed by atoms with Crippen LogP contribution in [0.1, 0.15) is 11.7 Å². The van der Waals surface area contributed by atoms with Crippen molar-refractivity contribution >= 4 is 33.1 Å². The van der Waals surface area contributed by atoms with Crippen molar-refractivity contribution in [3.63, 3.8) is 0 Å². The third kappa shape index (κ3) is 1.59. The summed E-state index contributed by atoms with van der Waals surface area (Å²) in [4.78, 5) is 0. The van der Waals surface area contributed by atoms with Crippen molar-refractivity contribution in [3.05, 3.63) is 59.1 Å². The maximum Gasteiger partial charge on any atom is 0.107 e. The van der Waals surface area contributed by atoms with E-state index in [1.165, 1.54) is 27.1 Å². The molecule has 0 spiro atoms. The molecule has 1 nitrogen and oxygen atoms in total. The van der Waals surface area contributed by atoms with Gasteiger partial charge in [-0.2, -0.15) is 0 Å². The second-order valence-corrected chi connectivity index (χ2v) is 5.17. The van der Waals surface area contributed by atoms with Gasteiger partial charge < -0.3 is 4.74 Å². The second-order valence-electron chi connectivity index (χ2n) is 4.74. The highest BCUT2D eigenvalue weighted by atomic mass is 35.5. The molecule has 1 heterocycles. The van der Waals surface area contributed by atoms with Crippen LogP contribution in [0.5, 0.6) is 0 Å². The van der Waals surface area contributed by atoms with Crippen LogP contribution in [0, 0.1) is 0 Å². The molecule has 0 aliphatic carbocycles. The van der Waals surface area contributed by atoms with Crippen LogP contribution in [0.4, 0.5) is 0 Å². The fourth-order valence-electron chi connectivity index (χ4n) is 2.54. The van der Waals surface area contributed by atoms with E-state index in [0.29, 0.717) is 0 Å². The number of fused-ring (bicyclic) bond motifs is 2. The van der Waals surface area contributed by atoms with E-state index in [1.807, 2.05) is 12.1 Å². The fourth-order valence-corrected chi connectivity index (χ4v) is 2.77. The molecule has 0 unspecified atom stereocenters. The molecule has 1 aliphatic heterocycles. The van der Waals surface area contributed by atoms with Crippen LogP contribution < -0.4 is 0 Å². The maximum atomic E-state index is 6.19. The molecule has 2 heteroatoms. The normalized spacial score (nSPS) is 18.4. The molecule has 18 heavy (non-hydrogen) atoms. The molecular weight excluding hydrogens is 244 g/mol. The highest BCUT2D eigenvalue weighted by Crippen LogP contribution is 2.38. The Balaban J connectivity index is 2.13. The van der Waals surface area contributed by atoms with Gasteiger partial charge in [-0.15, -0.1) is 0 Å². The average Bonchev–Trinajstić information content (AvgIpc) is 3.19. The maximum absolute atomic E-state index is 6.19. The molecule has 4 rings (SSSR count). The predicted molar refractivity (Wildman–Crippen MR) is 75.2 cm³/mol. The molecule has 3 aromatic rings. The van der Waals surface area contributed by atoms with E-state index in [-0.39, 0.29) is 6.10 Å². The van der Waals surface area contributed by atoms with E-state index < -0.39 is 0 Å². The first-order valence-corrected chi connectivity index (χ1v) is 6.42. The predicted octanol–water partition coefficient (Wildman–Crippen LogP) is 4.72. The van der Waals surface area contributed by atoms with Gasteiger partial charge in [0.2, 0.25) is 0 Å². The van der Waals surface area contributed by atoms with Crippen LogP contribution in [0.2, 0.25) is 5.02 Å². The minimum atomic E-state index is 0.229. The first-order chi connectivity index (χ1) is 8.81. The SMILES string of the molecule is Clc1cc([C@H]2CO2)c2cc3ccccc3cc2c1. The summed E-state index contributed by atoms with van der Waals surface area (Å²) < 4.78 is 5.41. The summed E-state index contributed by atoms with van der Waals surface area (Å²) >= 11 is 6.19. The van der Waals surface area contributed by atoms with Crippen molar-refractivity contribution in [2.45, 2.75) is 6.10 Å². The van der Waals surface area contributed by atoms with Gasteiger partial charge in [-0.05, 0) is 51.4 Å². The minimum Gasteiger partial charge on any atom is -0.368 e. The molecule has 0 amide bonds. The Kier molecular flexibility index (Phi) is 2.14. The Bertz CT molecular complexity index is 759. The van der Waals surface area contributed by atoms with E-state index in [2.05, 4.69) is 36.4 Å². The molecular formula is C16H11ClO. The highest BCUT2D eigenvalue weighted by Gasteiger charge is 2.27. The van der Waals surface area contributed by atoms with Gasteiger partial charge >= 0.3 is 0 Å². The molecule has 88 valence electrons. The molecule has 0 saturated carbocycles. The standard InChI is InChI=1S/C16H11ClO/c17-13-6-12-5-10-3-1-2-4-11(10)7-14(12)15(8-13)16-9-18-16/h1-8,16H,9H2/t16-/m1/s1. The molecule has 1 fully saturated rings. The Hall–Kier alpha value is -1.57. The minimum absolute atomic E-state index is 0.229. The van der Waals surface area contributed by atoms with E-state index in [1.54, 1.807) is 0 Å². The van der Waals surface area contributed by atoms with Gasteiger partial charge in [-0.3, -0.25) is 0 Å². The Morgan fingerprint density at radius 1 is 0.944 bits per heavy atom. The Morgan fingerprint density at radius 2 is 1.67 bits per heavy atom. The van der Waals surface area contributed by atoms with Crippen molar-refractivity contribution in [1.29, 1.82) is 0 Å². The summed E-state index contributed by atoms with van der Waals surface area (Å²) in [5.74, 6) is 0. The zero-order valence-electron chi connectivity index (χ0n) is 9.69. The van der Waals surface area contributed by atoms with Crippen LogP contribution in [-0.2, 0) is 4.74 Å². The summed E-state index contributed by atoms with van der Waals surface area (Å²) in [6.45, 7) is 0.808. The van der Waals surface area contributed by atoms with Crippen LogP contribution in [0.15, 0.2) is 48.5 Å². The number of halogens is 1. The molecule has 0 radical (unpaired) electrons. The highest BCUT2D eigenvalue weighted by molar-refractivity contribution is 6.31. The fraction of sp³-hybridized carbons (Fsp3) is 0.125. The first-order valence-electron chi connectivity index (χ1n) is 6.05. The lowest BCUT2D eigenvalue weighted by atomic mass is 9.98. The monoisotopic (exact) mass is 254 g/mol. The van der Waals surface area contributed by atoms with Gasteiger partial charge in [-0.1, -0.05) is 35.9 Å². The zero-order chi connectivity index (χ0) is 12.1. The van der Waals surface area contributed by atoms with E-state index in [4.69, 9.17) is 16.3 Å². The molecule has 0 bridgehead atoms. The number of rotatable bonds is 1. The number of hydrogen-bond donors (Lipinski definition) is 0. The van der Waals surface area contributed by atoms with E-state index in [9.17, 15) is 0 Å². The van der Waals surface area contributed by atoms with Crippen LogP contribution in [0.25, 0.3) is 21.5 Å². The van der Waals surface area contributed by atoms with Crippen LogP contribution in [0.3, 0.4) is 0 Å². The van der Waals surface area contributed by atoms with Gasteiger partial charge in [0.15, 0.2) is 0 Å². The molecule has 0 aromatic heterocycles. The lowest BCUT2D eigenvalue weighted by Crippen LogP contribution is -1.86. The van der Waals surface area contributed by atoms with Crippen molar-refractivity contribution in [1.82, 2.24) is 0 Å². The van der Waals surface area contributed by atoms with Crippen molar-refractivity contribution < 1.29 is 4.74 Å². The second kappa shape index (κ2) is 3.71. The van der Waals surface area contributed by atoms with Crippen LogP contribution >= 0.6 is 11.6 Å². The van der Waals surface area contributed by atoms with E-state index >= 15 is 0 Å². The third-order valence-corrected chi connectivity index (χ3v) is 3.71. The van der Waals surface area contributed by atoms with Gasteiger partial charge in [0.25, 0.3) is 0 Å². The van der Waals surface area contributed by atoms with Crippen molar-refractivity contribution in [2.75, 3.05) is 6.61 Å². The lowest BCUT2D eigenvalue weighted by molar-refractivity contribution is 0.417. The first kappa shape index (κ1) is 10.4. The van der Waals surface area contributed by atoms with Gasteiger partial charge in [-0.25, -0.2) is 0 Å². The van der Waals surface area contributed by atoms with Gasteiger partial charge in [0, 0.05) is 5.02 Å². The molecule has 1 aliphatic rings. The summed E-state index contributed by atoms with van der Waals surface area (Å²) in [6.07, 6.45) is 0.229. The average molecular weight is 255 g/mol. The number of hydrogen-bond acceptors (Lipinski definition) is 1. The number of ether oxygens (including phenoxy) is 1. The molecule has 1 atom stereocenters. The van der Waals surface area contributed by atoms with Crippen LogP contribution in [-0.4, -0.2) is 6.61 Å². The van der Waals surface area contributed by atoms with E-state index in [0.717, 1.165) is 11.6 Å². The summed E-state index contributed by atoms with van der Waals surface area (Å²) in [7, 11) is 0. The van der Waals surface area contributed by atoms with Crippen molar-refractivity contribution in [2.24, 2.45) is 0 Å². The summed E-state index contributed by atoms with van der Waals surface area (Å²) in [5.41, 5.74) is 1.21. The Labute approximate surface area is 110 Å².